The van der Waals surface area contributed by atoms with Gasteiger partial charge in [-0.05, 0) is 20.3 Å². The third kappa shape index (κ3) is 2.26. The Morgan fingerprint density at radius 2 is 1.73 bits per heavy atom. The molecule has 0 radical (unpaired) electrons. The highest BCUT2D eigenvalue weighted by Crippen LogP contribution is 2.35. The topological polar surface area (TPSA) is 86.6 Å². The Morgan fingerprint density at radius 1 is 1.14 bits per heavy atom. The van der Waals surface area contributed by atoms with Crippen molar-refractivity contribution in [3.63, 3.8) is 0 Å². The van der Waals surface area contributed by atoms with Crippen LogP contribution in [0, 0.1) is 5.92 Å². The Morgan fingerprint density at radius 3 is 2.32 bits per heavy atom. The van der Waals surface area contributed by atoms with E-state index in [1.165, 1.54) is 0 Å². The first kappa shape index (κ1) is 14.9. The summed E-state index contributed by atoms with van der Waals surface area (Å²) in [6.45, 7) is 3.35. The average molecular weight is 301 g/mol. The van der Waals surface area contributed by atoms with Gasteiger partial charge in [0.1, 0.15) is 0 Å². The number of carbonyl (C=O) groups excluding carboxylic acids is 2. The standard InChI is InChI=1S/C17H19NO4/c1-17(2,22)12-7-11-14(18-8-13(12)19)16(21)10-6-4-3-5-9(10)15(11)20/h3-6,12-13,18-19,22H,7-8H2,1-2H3/t12-,13-/m1/s1. The van der Waals surface area contributed by atoms with E-state index in [-0.39, 0.29) is 30.2 Å². The van der Waals surface area contributed by atoms with Gasteiger partial charge in [-0.2, -0.15) is 0 Å². The molecular formula is C17H19NO4. The van der Waals surface area contributed by atoms with Crippen molar-refractivity contribution in [2.75, 3.05) is 6.54 Å². The van der Waals surface area contributed by atoms with Crippen molar-refractivity contribution in [2.45, 2.75) is 32.0 Å². The fourth-order valence-corrected chi connectivity index (χ4v) is 3.23. The van der Waals surface area contributed by atoms with E-state index >= 15 is 0 Å². The molecule has 0 spiro atoms. The Labute approximate surface area is 128 Å². The van der Waals surface area contributed by atoms with E-state index in [1.807, 2.05) is 0 Å². The number of ketones is 2. The molecule has 0 fully saturated rings. The third-order valence-corrected chi connectivity index (χ3v) is 4.50. The molecule has 3 N–H and O–H groups in total. The number of Topliss-reactive ketones (excluding diaryl/α,β-unsaturated/α-hetero) is 2. The molecule has 116 valence electrons. The number of nitrogens with one attached hydrogen (secondary N) is 1. The molecule has 1 aromatic carbocycles. The summed E-state index contributed by atoms with van der Waals surface area (Å²) in [5, 5.41) is 23.4. The summed E-state index contributed by atoms with van der Waals surface area (Å²) in [5.41, 5.74) is 0.236. The smallest absolute Gasteiger partial charge is 0.210 e. The number of allylic oxidation sites excluding steroid dienone is 2. The quantitative estimate of drug-likeness (QED) is 0.722. The molecule has 0 saturated carbocycles. The predicted molar refractivity (Wildman–Crippen MR) is 80.5 cm³/mol. The highest BCUT2D eigenvalue weighted by Gasteiger charge is 2.41. The number of aliphatic hydroxyl groups is 2. The van der Waals surface area contributed by atoms with Gasteiger partial charge in [0.25, 0.3) is 0 Å². The van der Waals surface area contributed by atoms with Crippen LogP contribution in [0.1, 0.15) is 41.0 Å². The summed E-state index contributed by atoms with van der Waals surface area (Å²) in [6, 6.07) is 6.72. The lowest BCUT2D eigenvalue weighted by atomic mass is 9.78. The fourth-order valence-electron chi connectivity index (χ4n) is 3.23. The Kier molecular flexibility index (Phi) is 3.42. The van der Waals surface area contributed by atoms with E-state index < -0.39 is 17.6 Å². The zero-order valence-electron chi connectivity index (χ0n) is 12.6. The van der Waals surface area contributed by atoms with E-state index in [9.17, 15) is 19.8 Å². The minimum atomic E-state index is -1.15. The van der Waals surface area contributed by atoms with Crippen molar-refractivity contribution in [3.05, 3.63) is 46.7 Å². The molecule has 1 heterocycles. The maximum absolute atomic E-state index is 12.7. The third-order valence-electron chi connectivity index (χ3n) is 4.50. The molecule has 1 aliphatic heterocycles. The van der Waals surface area contributed by atoms with Crippen LogP contribution in [0.25, 0.3) is 0 Å². The van der Waals surface area contributed by atoms with E-state index in [2.05, 4.69) is 5.32 Å². The second kappa shape index (κ2) is 5.04. The zero-order valence-corrected chi connectivity index (χ0v) is 12.6. The summed E-state index contributed by atoms with van der Waals surface area (Å²) in [7, 11) is 0. The van der Waals surface area contributed by atoms with E-state index in [1.54, 1.807) is 38.1 Å². The van der Waals surface area contributed by atoms with Crippen LogP contribution in [-0.4, -0.2) is 40.0 Å². The van der Waals surface area contributed by atoms with Crippen LogP contribution in [0.3, 0.4) is 0 Å². The van der Waals surface area contributed by atoms with Crippen molar-refractivity contribution in [1.82, 2.24) is 5.32 Å². The summed E-state index contributed by atoms with van der Waals surface area (Å²) in [5.74, 6) is -0.954. The number of hydrogen-bond donors (Lipinski definition) is 3. The number of hydrogen-bond acceptors (Lipinski definition) is 5. The Hall–Kier alpha value is -1.98. The van der Waals surface area contributed by atoms with Crippen molar-refractivity contribution >= 4 is 11.6 Å². The monoisotopic (exact) mass is 301 g/mol. The van der Waals surface area contributed by atoms with Crippen LogP contribution in [0.2, 0.25) is 0 Å². The highest BCUT2D eigenvalue weighted by molar-refractivity contribution is 6.26. The molecular weight excluding hydrogens is 282 g/mol. The highest BCUT2D eigenvalue weighted by atomic mass is 16.3. The number of carbonyl (C=O) groups is 2. The molecule has 0 aromatic heterocycles. The van der Waals surface area contributed by atoms with E-state index in [0.29, 0.717) is 16.7 Å². The minimum Gasteiger partial charge on any atom is -0.391 e. The first-order valence-corrected chi connectivity index (χ1v) is 7.36. The van der Waals surface area contributed by atoms with Gasteiger partial charge >= 0.3 is 0 Å². The molecule has 0 bridgehead atoms. The first-order chi connectivity index (χ1) is 10.3. The van der Waals surface area contributed by atoms with Crippen LogP contribution in [0.4, 0.5) is 0 Å². The molecule has 2 atom stereocenters. The van der Waals surface area contributed by atoms with Crippen molar-refractivity contribution in [2.24, 2.45) is 5.92 Å². The number of benzene rings is 1. The van der Waals surface area contributed by atoms with Gasteiger partial charge < -0.3 is 15.5 Å². The second-order valence-corrected chi connectivity index (χ2v) is 6.47. The summed E-state index contributed by atoms with van der Waals surface area (Å²) in [4.78, 5) is 25.3. The van der Waals surface area contributed by atoms with Crippen LogP contribution >= 0.6 is 0 Å². The van der Waals surface area contributed by atoms with Crippen LogP contribution in [0.5, 0.6) is 0 Å². The van der Waals surface area contributed by atoms with Crippen molar-refractivity contribution in [1.29, 1.82) is 0 Å². The Balaban J connectivity index is 2.09. The van der Waals surface area contributed by atoms with E-state index in [0.717, 1.165) is 0 Å². The van der Waals surface area contributed by atoms with Gasteiger partial charge in [-0.15, -0.1) is 0 Å². The largest absolute Gasteiger partial charge is 0.391 e. The molecule has 5 nitrogen and oxygen atoms in total. The lowest BCUT2D eigenvalue weighted by Gasteiger charge is -2.32. The predicted octanol–water partition coefficient (Wildman–Crippen LogP) is 1.06. The molecule has 5 heteroatoms. The number of rotatable bonds is 1. The molecule has 22 heavy (non-hydrogen) atoms. The summed E-state index contributed by atoms with van der Waals surface area (Å²) in [6.07, 6.45) is -0.666. The summed E-state index contributed by atoms with van der Waals surface area (Å²) >= 11 is 0. The molecule has 2 aliphatic rings. The van der Waals surface area contributed by atoms with Gasteiger partial charge in [-0.25, -0.2) is 0 Å². The van der Waals surface area contributed by atoms with Gasteiger partial charge in [0.2, 0.25) is 5.78 Å². The number of β-amino-alcohol motifs (C(OH)–C–C–N with tert-alkyl or cyclic N) is 1. The van der Waals surface area contributed by atoms with Gasteiger partial charge in [-0.1, -0.05) is 24.3 Å². The van der Waals surface area contributed by atoms with Gasteiger partial charge in [0, 0.05) is 29.2 Å². The maximum atomic E-state index is 12.7. The normalized spacial score (nSPS) is 25.3. The summed E-state index contributed by atoms with van der Waals surface area (Å²) < 4.78 is 0. The Bertz CT molecular complexity index is 684. The molecule has 0 unspecified atom stereocenters. The molecule has 1 aromatic rings. The first-order valence-electron chi connectivity index (χ1n) is 7.36. The minimum absolute atomic E-state index is 0.134. The molecule has 0 amide bonds. The van der Waals surface area contributed by atoms with Crippen LogP contribution in [0.15, 0.2) is 35.5 Å². The zero-order chi connectivity index (χ0) is 16.1. The van der Waals surface area contributed by atoms with Crippen molar-refractivity contribution in [3.8, 4) is 0 Å². The second-order valence-electron chi connectivity index (χ2n) is 6.47. The lowest BCUT2D eigenvalue weighted by Crippen LogP contribution is -2.42. The number of fused-ring (bicyclic) bond motifs is 1. The maximum Gasteiger partial charge on any atom is 0.210 e. The molecule has 1 aliphatic carbocycles. The van der Waals surface area contributed by atoms with Gasteiger partial charge in [0.05, 0.1) is 17.4 Å². The van der Waals surface area contributed by atoms with Crippen LogP contribution in [-0.2, 0) is 0 Å². The van der Waals surface area contributed by atoms with Gasteiger partial charge in [0.15, 0.2) is 5.78 Å². The van der Waals surface area contributed by atoms with E-state index in [4.69, 9.17) is 0 Å². The number of aliphatic hydroxyl groups excluding tert-OH is 1. The average Bonchev–Trinajstić information content (AvgIpc) is 2.64. The molecule has 0 saturated heterocycles. The fraction of sp³-hybridized carbons (Fsp3) is 0.412. The molecule has 3 rings (SSSR count). The van der Waals surface area contributed by atoms with Gasteiger partial charge in [-0.3, -0.25) is 9.59 Å². The SMILES string of the molecule is CC(C)(O)[C@@H]1CC2=C(NC[C@H]1O)C(=O)c1ccccc1C2=O. The lowest BCUT2D eigenvalue weighted by molar-refractivity contribution is -0.0426. The van der Waals surface area contributed by atoms with Crippen molar-refractivity contribution < 1.29 is 19.8 Å². The van der Waals surface area contributed by atoms with Crippen LogP contribution < -0.4 is 5.32 Å².